The maximum atomic E-state index is 12.2. The lowest BCUT2D eigenvalue weighted by Gasteiger charge is -2.10. The summed E-state index contributed by atoms with van der Waals surface area (Å²) in [4.78, 5) is 12.2. The van der Waals surface area contributed by atoms with Gasteiger partial charge in [-0.2, -0.15) is 0 Å². The standard InChI is InChI=1S/C17H15Cl2NO2/c1-2-22-17(21)15(11-20-13-6-4-3-5-7-13)14-9-8-12(18)10-16(14)19/h3-11,20H,2H2,1H3/b15-11-. The number of anilines is 1. The van der Waals surface area contributed by atoms with Gasteiger partial charge in [0.2, 0.25) is 0 Å². The maximum Gasteiger partial charge on any atom is 0.340 e. The van der Waals surface area contributed by atoms with E-state index in [1.54, 1.807) is 31.3 Å². The predicted molar refractivity (Wildman–Crippen MR) is 91.1 cm³/mol. The van der Waals surface area contributed by atoms with E-state index >= 15 is 0 Å². The molecule has 1 N–H and O–H groups in total. The van der Waals surface area contributed by atoms with Crippen LogP contribution in [0.2, 0.25) is 10.0 Å². The minimum absolute atomic E-state index is 0.284. The minimum atomic E-state index is -0.449. The number of hydrogen-bond donors (Lipinski definition) is 1. The molecule has 22 heavy (non-hydrogen) atoms. The number of carbonyl (C=O) groups is 1. The molecule has 0 aliphatic rings. The van der Waals surface area contributed by atoms with E-state index < -0.39 is 5.97 Å². The number of halogens is 2. The van der Waals surface area contributed by atoms with Crippen molar-refractivity contribution in [2.45, 2.75) is 6.92 Å². The van der Waals surface area contributed by atoms with Crippen LogP contribution in [0.25, 0.3) is 5.57 Å². The molecular weight excluding hydrogens is 321 g/mol. The van der Waals surface area contributed by atoms with Crippen LogP contribution in [-0.4, -0.2) is 12.6 Å². The summed E-state index contributed by atoms with van der Waals surface area (Å²) in [7, 11) is 0. The summed E-state index contributed by atoms with van der Waals surface area (Å²) >= 11 is 12.1. The molecule has 0 saturated heterocycles. The molecule has 0 spiro atoms. The van der Waals surface area contributed by atoms with Gasteiger partial charge in [0.05, 0.1) is 17.2 Å². The number of para-hydroxylation sites is 1. The molecular formula is C17H15Cl2NO2. The molecule has 0 radical (unpaired) electrons. The molecule has 0 saturated carbocycles. The first-order valence-corrected chi connectivity index (χ1v) is 7.51. The third-order valence-electron chi connectivity index (χ3n) is 2.87. The highest BCUT2D eigenvalue weighted by atomic mass is 35.5. The van der Waals surface area contributed by atoms with E-state index in [1.807, 2.05) is 30.3 Å². The van der Waals surface area contributed by atoms with Crippen LogP contribution in [0.3, 0.4) is 0 Å². The van der Waals surface area contributed by atoms with Gasteiger partial charge >= 0.3 is 5.97 Å². The molecule has 0 unspecified atom stereocenters. The van der Waals surface area contributed by atoms with Gasteiger partial charge in [-0.3, -0.25) is 0 Å². The van der Waals surface area contributed by atoms with E-state index in [0.717, 1.165) is 5.69 Å². The average molecular weight is 336 g/mol. The Morgan fingerprint density at radius 2 is 1.91 bits per heavy atom. The zero-order valence-corrected chi connectivity index (χ0v) is 13.5. The number of rotatable bonds is 5. The molecule has 5 heteroatoms. The van der Waals surface area contributed by atoms with Crippen molar-refractivity contribution in [2.75, 3.05) is 11.9 Å². The van der Waals surface area contributed by atoms with E-state index in [-0.39, 0.29) is 6.61 Å². The Balaban J connectivity index is 2.36. The number of benzene rings is 2. The van der Waals surface area contributed by atoms with Gasteiger partial charge in [0.15, 0.2) is 0 Å². The van der Waals surface area contributed by atoms with E-state index in [1.165, 1.54) is 0 Å². The second kappa shape index (κ2) is 7.87. The first-order chi connectivity index (χ1) is 10.6. The molecule has 0 heterocycles. The second-order valence-corrected chi connectivity index (χ2v) is 5.26. The summed E-state index contributed by atoms with van der Waals surface area (Å²) in [5.74, 6) is -0.449. The number of ether oxygens (including phenoxy) is 1. The van der Waals surface area contributed by atoms with E-state index in [2.05, 4.69) is 5.32 Å². The quantitative estimate of drug-likeness (QED) is 0.616. The summed E-state index contributed by atoms with van der Waals surface area (Å²) in [6.45, 7) is 2.04. The Hall–Kier alpha value is -1.97. The topological polar surface area (TPSA) is 38.3 Å². The molecule has 0 bridgehead atoms. The third-order valence-corrected chi connectivity index (χ3v) is 3.42. The van der Waals surface area contributed by atoms with Crippen LogP contribution in [-0.2, 0) is 9.53 Å². The molecule has 0 aromatic heterocycles. The summed E-state index contributed by atoms with van der Waals surface area (Å²) in [5.41, 5.74) is 1.76. The molecule has 0 fully saturated rings. The van der Waals surface area contributed by atoms with Gasteiger partial charge in [0, 0.05) is 22.5 Å². The van der Waals surface area contributed by atoms with Crippen molar-refractivity contribution in [1.82, 2.24) is 0 Å². The number of carbonyl (C=O) groups excluding carboxylic acids is 1. The first kappa shape index (κ1) is 16.4. The van der Waals surface area contributed by atoms with E-state index in [4.69, 9.17) is 27.9 Å². The van der Waals surface area contributed by atoms with Gasteiger partial charge in [-0.15, -0.1) is 0 Å². The Labute approximate surface area is 139 Å². The highest BCUT2D eigenvalue weighted by Crippen LogP contribution is 2.28. The molecule has 2 rings (SSSR count). The maximum absolute atomic E-state index is 12.2. The van der Waals surface area contributed by atoms with Crippen molar-refractivity contribution in [3.05, 3.63) is 70.3 Å². The summed E-state index contributed by atoms with van der Waals surface area (Å²) in [5, 5.41) is 3.97. The largest absolute Gasteiger partial charge is 0.462 e. The van der Waals surface area contributed by atoms with E-state index in [0.29, 0.717) is 21.2 Å². The highest BCUT2D eigenvalue weighted by Gasteiger charge is 2.16. The number of hydrogen-bond acceptors (Lipinski definition) is 3. The van der Waals surface area contributed by atoms with Gasteiger partial charge in [-0.25, -0.2) is 4.79 Å². The fourth-order valence-electron chi connectivity index (χ4n) is 1.85. The molecule has 0 aliphatic heterocycles. The van der Waals surface area contributed by atoms with Gasteiger partial charge in [-0.1, -0.05) is 47.5 Å². The molecule has 0 amide bonds. The molecule has 0 atom stereocenters. The lowest BCUT2D eigenvalue weighted by Crippen LogP contribution is -2.09. The van der Waals surface area contributed by atoms with Crippen LogP contribution < -0.4 is 5.32 Å². The molecule has 0 aliphatic carbocycles. The summed E-state index contributed by atoms with van der Waals surface area (Å²) in [6.07, 6.45) is 1.59. The fourth-order valence-corrected chi connectivity index (χ4v) is 2.36. The predicted octanol–water partition coefficient (Wildman–Crippen LogP) is 5.01. The first-order valence-electron chi connectivity index (χ1n) is 6.76. The van der Waals surface area contributed by atoms with Crippen molar-refractivity contribution >= 4 is 40.4 Å². The van der Waals surface area contributed by atoms with E-state index in [9.17, 15) is 4.79 Å². The molecule has 2 aromatic carbocycles. The van der Waals surface area contributed by atoms with Crippen LogP contribution in [0.1, 0.15) is 12.5 Å². The van der Waals surface area contributed by atoms with Crippen LogP contribution in [0.4, 0.5) is 5.69 Å². The third kappa shape index (κ3) is 4.26. The fraction of sp³-hybridized carbons (Fsp3) is 0.118. The van der Waals surface area contributed by atoms with Crippen LogP contribution in [0.15, 0.2) is 54.7 Å². The normalized spacial score (nSPS) is 11.1. The Kier molecular flexibility index (Phi) is 5.87. The monoisotopic (exact) mass is 335 g/mol. The van der Waals surface area contributed by atoms with Crippen molar-refractivity contribution < 1.29 is 9.53 Å². The summed E-state index contributed by atoms with van der Waals surface area (Å²) in [6, 6.07) is 14.5. The van der Waals surface area contributed by atoms with Crippen molar-refractivity contribution in [3.8, 4) is 0 Å². The van der Waals surface area contributed by atoms with Crippen molar-refractivity contribution in [1.29, 1.82) is 0 Å². The van der Waals surface area contributed by atoms with Gasteiger partial charge in [0.1, 0.15) is 0 Å². The minimum Gasteiger partial charge on any atom is -0.462 e. The summed E-state index contributed by atoms with van der Waals surface area (Å²) < 4.78 is 5.09. The Bertz CT molecular complexity index is 684. The van der Waals surface area contributed by atoms with Crippen LogP contribution >= 0.6 is 23.2 Å². The van der Waals surface area contributed by atoms with Gasteiger partial charge < -0.3 is 10.1 Å². The smallest absolute Gasteiger partial charge is 0.340 e. The lowest BCUT2D eigenvalue weighted by molar-refractivity contribution is -0.136. The second-order valence-electron chi connectivity index (χ2n) is 4.41. The van der Waals surface area contributed by atoms with Crippen LogP contribution in [0, 0.1) is 0 Å². The number of esters is 1. The number of nitrogens with one attached hydrogen (secondary N) is 1. The Morgan fingerprint density at radius 1 is 1.18 bits per heavy atom. The molecule has 114 valence electrons. The average Bonchev–Trinajstić information content (AvgIpc) is 2.50. The molecule has 3 nitrogen and oxygen atoms in total. The molecule has 2 aromatic rings. The van der Waals surface area contributed by atoms with Crippen LogP contribution in [0.5, 0.6) is 0 Å². The zero-order valence-electron chi connectivity index (χ0n) is 12.0. The lowest BCUT2D eigenvalue weighted by atomic mass is 10.1. The van der Waals surface area contributed by atoms with Crippen molar-refractivity contribution in [3.63, 3.8) is 0 Å². The van der Waals surface area contributed by atoms with Gasteiger partial charge in [-0.05, 0) is 31.2 Å². The highest BCUT2D eigenvalue weighted by molar-refractivity contribution is 6.37. The zero-order chi connectivity index (χ0) is 15.9. The van der Waals surface area contributed by atoms with Gasteiger partial charge in [0.25, 0.3) is 0 Å². The van der Waals surface area contributed by atoms with Crippen molar-refractivity contribution in [2.24, 2.45) is 0 Å². The SMILES string of the molecule is CCOC(=O)/C(=C\Nc1ccccc1)c1ccc(Cl)cc1Cl. The Morgan fingerprint density at radius 3 is 2.55 bits per heavy atom.